The Morgan fingerprint density at radius 2 is 1.85 bits per heavy atom. The lowest BCUT2D eigenvalue weighted by Crippen LogP contribution is -2.28. The van der Waals surface area contributed by atoms with Gasteiger partial charge >= 0.3 is 0 Å². The number of hydrogen-bond acceptors (Lipinski definition) is 2. The van der Waals surface area contributed by atoms with Crippen LogP contribution in [0, 0.1) is 12.3 Å². The van der Waals surface area contributed by atoms with Gasteiger partial charge in [0.15, 0.2) is 0 Å². The average Bonchev–Trinajstić information content (AvgIpc) is 2.46. The Labute approximate surface area is 120 Å². The third-order valence-corrected chi connectivity index (χ3v) is 4.82. The van der Waals surface area contributed by atoms with E-state index in [2.05, 4.69) is 24.0 Å². The Morgan fingerprint density at radius 1 is 1.10 bits per heavy atom. The summed E-state index contributed by atoms with van der Waals surface area (Å²) < 4.78 is 0. The van der Waals surface area contributed by atoms with Gasteiger partial charge in [-0.1, -0.05) is 38.3 Å². The van der Waals surface area contributed by atoms with Crippen molar-refractivity contribution in [3.05, 3.63) is 41.6 Å². The summed E-state index contributed by atoms with van der Waals surface area (Å²) in [5.74, 6) is 0. The van der Waals surface area contributed by atoms with Gasteiger partial charge in [0.2, 0.25) is 0 Å². The molecule has 1 saturated carbocycles. The lowest BCUT2D eigenvalue weighted by molar-refractivity contribution is 0.00828. The van der Waals surface area contributed by atoms with Crippen molar-refractivity contribution in [3.63, 3.8) is 0 Å². The van der Waals surface area contributed by atoms with Crippen molar-refractivity contribution in [1.29, 1.82) is 0 Å². The molecule has 1 unspecified atom stereocenters. The largest absolute Gasteiger partial charge is 0.388 e. The molecule has 2 aromatic rings. The molecule has 0 bridgehead atoms. The van der Waals surface area contributed by atoms with Crippen LogP contribution >= 0.6 is 0 Å². The maximum Gasteiger partial charge on any atom is 0.0843 e. The first-order valence-electron chi connectivity index (χ1n) is 7.64. The fraction of sp³-hybridized carbons (Fsp3) is 0.500. The van der Waals surface area contributed by atoms with Crippen molar-refractivity contribution in [2.75, 3.05) is 0 Å². The highest BCUT2D eigenvalue weighted by atomic mass is 16.3. The predicted octanol–water partition coefficient (Wildman–Crippen LogP) is 4.55. The molecule has 0 spiro atoms. The van der Waals surface area contributed by atoms with Gasteiger partial charge in [0.05, 0.1) is 11.6 Å². The molecule has 1 aromatic carbocycles. The number of hydrogen-bond donors (Lipinski definition) is 1. The van der Waals surface area contributed by atoms with Gasteiger partial charge in [-0.3, -0.25) is 4.98 Å². The topological polar surface area (TPSA) is 33.1 Å². The Bertz CT molecular complexity index is 614. The van der Waals surface area contributed by atoms with Crippen LogP contribution in [0.15, 0.2) is 30.3 Å². The van der Waals surface area contributed by atoms with Crippen LogP contribution in [0.25, 0.3) is 10.9 Å². The molecular weight excluding hydrogens is 246 g/mol. The Morgan fingerprint density at radius 3 is 2.60 bits per heavy atom. The van der Waals surface area contributed by atoms with Gasteiger partial charge in [0.1, 0.15) is 0 Å². The summed E-state index contributed by atoms with van der Waals surface area (Å²) in [7, 11) is 0. The summed E-state index contributed by atoms with van der Waals surface area (Å²) in [6, 6.07) is 10.3. The van der Waals surface area contributed by atoms with Crippen molar-refractivity contribution >= 4 is 10.9 Å². The van der Waals surface area contributed by atoms with E-state index in [9.17, 15) is 5.11 Å². The summed E-state index contributed by atoms with van der Waals surface area (Å²) in [6.45, 7) is 4.24. The van der Waals surface area contributed by atoms with E-state index in [0.717, 1.165) is 35.0 Å². The zero-order chi connectivity index (χ0) is 14.2. The molecule has 0 amide bonds. The van der Waals surface area contributed by atoms with Crippen LogP contribution in [-0.4, -0.2) is 10.1 Å². The lowest BCUT2D eigenvalue weighted by atomic mass is 9.70. The summed E-state index contributed by atoms with van der Waals surface area (Å²) in [5.41, 5.74) is 3.11. The second kappa shape index (κ2) is 5.17. The van der Waals surface area contributed by atoms with E-state index >= 15 is 0 Å². The fourth-order valence-corrected chi connectivity index (χ4v) is 3.45. The van der Waals surface area contributed by atoms with E-state index in [1.54, 1.807) is 0 Å². The number of benzene rings is 1. The average molecular weight is 269 g/mol. The van der Waals surface area contributed by atoms with Gasteiger partial charge in [-0.2, -0.15) is 0 Å². The number of pyridine rings is 1. The number of aliphatic hydroxyl groups excluding tert-OH is 1. The maximum atomic E-state index is 10.8. The fourth-order valence-electron chi connectivity index (χ4n) is 3.45. The number of aromatic nitrogens is 1. The van der Waals surface area contributed by atoms with Gasteiger partial charge in [-0.05, 0) is 48.9 Å². The molecule has 20 heavy (non-hydrogen) atoms. The normalized spacial score (nSPS) is 19.9. The minimum Gasteiger partial charge on any atom is -0.388 e. The monoisotopic (exact) mass is 269 g/mol. The highest BCUT2D eigenvalue weighted by Crippen LogP contribution is 2.45. The van der Waals surface area contributed by atoms with Crippen molar-refractivity contribution in [3.8, 4) is 0 Å². The van der Waals surface area contributed by atoms with Crippen LogP contribution in [0.2, 0.25) is 0 Å². The smallest absolute Gasteiger partial charge is 0.0843 e. The van der Waals surface area contributed by atoms with Crippen molar-refractivity contribution < 1.29 is 5.11 Å². The zero-order valence-electron chi connectivity index (χ0n) is 12.4. The minimum absolute atomic E-state index is 0.0318. The highest BCUT2D eigenvalue weighted by Gasteiger charge is 2.35. The number of aliphatic hydroxyl groups is 1. The van der Waals surface area contributed by atoms with Gasteiger partial charge in [0, 0.05) is 11.1 Å². The zero-order valence-corrected chi connectivity index (χ0v) is 12.4. The minimum atomic E-state index is -0.367. The summed E-state index contributed by atoms with van der Waals surface area (Å²) in [5, 5.41) is 11.9. The van der Waals surface area contributed by atoms with Gasteiger partial charge in [-0.25, -0.2) is 0 Å². The summed E-state index contributed by atoms with van der Waals surface area (Å²) >= 11 is 0. The standard InChI is InChI=1S/C18H23NO/c1-13-6-7-14-12-15(8-9-16(14)19-13)17(20)18(2)10-4-3-5-11-18/h6-9,12,17,20H,3-5,10-11H2,1-2H3. The molecule has 1 aromatic heterocycles. The summed E-state index contributed by atoms with van der Waals surface area (Å²) in [4.78, 5) is 4.52. The first-order chi connectivity index (χ1) is 9.58. The van der Waals surface area contributed by atoms with Crippen LogP contribution in [0.3, 0.4) is 0 Å². The molecule has 1 aliphatic carbocycles. The van der Waals surface area contributed by atoms with Crippen LogP contribution in [0.5, 0.6) is 0 Å². The molecule has 2 nitrogen and oxygen atoms in total. The third-order valence-electron chi connectivity index (χ3n) is 4.82. The van der Waals surface area contributed by atoms with Crippen molar-refractivity contribution in [2.24, 2.45) is 5.41 Å². The van der Waals surface area contributed by atoms with E-state index in [-0.39, 0.29) is 11.5 Å². The van der Waals surface area contributed by atoms with Crippen LogP contribution in [0.1, 0.15) is 56.4 Å². The molecule has 1 fully saturated rings. The molecule has 1 atom stereocenters. The molecular formula is C18H23NO. The van der Waals surface area contributed by atoms with Crippen molar-refractivity contribution in [2.45, 2.75) is 52.1 Å². The van der Waals surface area contributed by atoms with E-state index in [0.29, 0.717) is 0 Å². The highest BCUT2D eigenvalue weighted by molar-refractivity contribution is 5.79. The number of nitrogens with zero attached hydrogens (tertiary/aromatic N) is 1. The lowest BCUT2D eigenvalue weighted by Gasteiger charge is -2.38. The number of rotatable bonds is 2. The quantitative estimate of drug-likeness (QED) is 0.867. The molecule has 1 heterocycles. The number of fused-ring (bicyclic) bond motifs is 1. The van der Waals surface area contributed by atoms with Gasteiger partial charge < -0.3 is 5.11 Å². The maximum absolute atomic E-state index is 10.8. The van der Waals surface area contributed by atoms with Crippen LogP contribution in [-0.2, 0) is 0 Å². The van der Waals surface area contributed by atoms with Crippen molar-refractivity contribution in [1.82, 2.24) is 4.98 Å². The second-order valence-electron chi connectivity index (χ2n) is 6.52. The molecule has 0 saturated heterocycles. The second-order valence-corrected chi connectivity index (χ2v) is 6.52. The Hall–Kier alpha value is -1.41. The third kappa shape index (κ3) is 2.45. The van der Waals surface area contributed by atoms with Gasteiger partial charge in [0.25, 0.3) is 0 Å². The molecule has 106 valence electrons. The van der Waals surface area contributed by atoms with Gasteiger partial charge in [-0.15, -0.1) is 0 Å². The molecule has 2 heteroatoms. The first kappa shape index (κ1) is 13.6. The van der Waals surface area contributed by atoms with E-state index in [4.69, 9.17) is 0 Å². The van der Waals surface area contributed by atoms with Crippen LogP contribution in [0.4, 0.5) is 0 Å². The predicted molar refractivity (Wildman–Crippen MR) is 82.6 cm³/mol. The number of aryl methyl sites for hydroxylation is 1. The molecule has 1 N–H and O–H groups in total. The van der Waals surface area contributed by atoms with Crippen LogP contribution < -0.4 is 0 Å². The molecule has 0 radical (unpaired) electrons. The molecule has 1 aliphatic rings. The Kier molecular flexibility index (Phi) is 3.51. The molecule has 3 rings (SSSR count). The van der Waals surface area contributed by atoms with E-state index < -0.39 is 0 Å². The Balaban J connectivity index is 1.95. The van der Waals surface area contributed by atoms with E-state index in [1.165, 1.54) is 19.3 Å². The SMILES string of the molecule is Cc1ccc2cc(C(O)C3(C)CCCCC3)ccc2n1. The van der Waals surface area contributed by atoms with E-state index in [1.807, 2.05) is 25.1 Å². The summed E-state index contributed by atoms with van der Waals surface area (Å²) in [6.07, 6.45) is 5.66. The first-order valence-corrected chi connectivity index (χ1v) is 7.64. The molecule has 0 aliphatic heterocycles.